The van der Waals surface area contributed by atoms with E-state index in [9.17, 15) is 4.79 Å². The second-order valence-electron chi connectivity index (χ2n) is 4.82. The molecule has 1 amide bonds. The van der Waals surface area contributed by atoms with Crippen LogP contribution in [0.1, 0.15) is 45.8 Å². The zero-order valence-corrected chi connectivity index (χ0v) is 12.3. The minimum atomic E-state index is -0.347. The number of nitrogens with one attached hydrogen (secondary N) is 1. The maximum absolute atomic E-state index is 11.6. The van der Waals surface area contributed by atoms with Gasteiger partial charge in [0.05, 0.1) is 17.8 Å². The van der Waals surface area contributed by atoms with Gasteiger partial charge in [0.1, 0.15) is 11.5 Å². The standard InChI is InChI=1S/C14H20N4O2/c1-5-12-8(2)17-18(9(12)3)7-11-6-13(10(4)20-11)14(19)16-15/h6H,5,7,15H2,1-4H3,(H,16,19). The number of nitrogen functional groups attached to an aromatic ring is 1. The third-order valence-corrected chi connectivity index (χ3v) is 3.54. The molecular formula is C14H20N4O2. The van der Waals surface area contributed by atoms with E-state index in [2.05, 4.69) is 17.4 Å². The number of hydrazine groups is 1. The highest BCUT2D eigenvalue weighted by Crippen LogP contribution is 2.18. The van der Waals surface area contributed by atoms with Gasteiger partial charge < -0.3 is 4.42 Å². The van der Waals surface area contributed by atoms with E-state index in [0.29, 0.717) is 23.6 Å². The largest absolute Gasteiger partial charge is 0.464 e. The molecule has 2 heterocycles. The summed E-state index contributed by atoms with van der Waals surface area (Å²) in [6, 6.07) is 1.71. The maximum atomic E-state index is 11.6. The molecule has 2 aromatic rings. The third-order valence-electron chi connectivity index (χ3n) is 3.54. The van der Waals surface area contributed by atoms with Crippen LogP contribution in [0.25, 0.3) is 0 Å². The average molecular weight is 276 g/mol. The number of rotatable bonds is 4. The van der Waals surface area contributed by atoms with Gasteiger partial charge in [0.25, 0.3) is 5.91 Å². The molecule has 0 aliphatic carbocycles. The molecule has 6 nitrogen and oxygen atoms in total. The van der Waals surface area contributed by atoms with E-state index in [-0.39, 0.29) is 5.91 Å². The number of amides is 1. The van der Waals surface area contributed by atoms with Crippen LogP contribution < -0.4 is 11.3 Å². The van der Waals surface area contributed by atoms with Crippen LogP contribution in [0.5, 0.6) is 0 Å². The molecule has 2 rings (SSSR count). The minimum Gasteiger partial charge on any atom is -0.464 e. The Morgan fingerprint density at radius 1 is 1.45 bits per heavy atom. The Bertz CT molecular complexity index is 640. The van der Waals surface area contributed by atoms with Gasteiger partial charge in [0, 0.05) is 5.69 Å². The fourth-order valence-electron chi connectivity index (χ4n) is 2.47. The Morgan fingerprint density at radius 3 is 2.70 bits per heavy atom. The molecule has 0 bridgehead atoms. The lowest BCUT2D eigenvalue weighted by Gasteiger charge is -2.02. The van der Waals surface area contributed by atoms with Crippen molar-refractivity contribution >= 4 is 5.91 Å². The molecule has 2 aromatic heterocycles. The fourth-order valence-corrected chi connectivity index (χ4v) is 2.47. The van der Waals surface area contributed by atoms with Crippen LogP contribution in [-0.4, -0.2) is 15.7 Å². The van der Waals surface area contributed by atoms with E-state index in [0.717, 1.165) is 17.8 Å². The smallest absolute Gasteiger partial charge is 0.268 e. The van der Waals surface area contributed by atoms with Crippen molar-refractivity contribution in [3.63, 3.8) is 0 Å². The van der Waals surface area contributed by atoms with Crippen LogP contribution in [0.4, 0.5) is 0 Å². The molecule has 20 heavy (non-hydrogen) atoms. The molecule has 0 unspecified atom stereocenters. The highest BCUT2D eigenvalue weighted by atomic mass is 16.3. The summed E-state index contributed by atoms with van der Waals surface area (Å²) in [4.78, 5) is 11.6. The van der Waals surface area contributed by atoms with Crippen LogP contribution >= 0.6 is 0 Å². The number of carbonyl (C=O) groups is 1. The Kier molecular flexibility index (Phi) is 3.94. The first-order valence-electron chi connectivity index (χ1n) is 6.61. The minimum absolute atomic E-state index is 0.347. The number of aryl methyl sites for hydroxylation is 2. The van der Waals surface area contributed by atoms with E-state index in [1.165, 1.54) is 5.56 Å². The monoisotopic (exact) mass is 276 g/mol. The first-order chi connectivity index (χ1) is 9.47. The second kappa shape index (κ2) is 5.50. The molecule has 108 valence electrons. The summed E-state index contributed by atoms with van der Waals surface area (Å²) in [7, 11) is 0. The molecule has 0 atom stereocenters. The van der Waals surface area contributed by atoms with Crippen LogP contribution in [-0.2, 0) is 13.0 Å². The van der Waals surface area contributed by atoms with Gasteiger partial charge in [-0.15, -0.1) is 0 Å². The van der Waals surface area contributed by atoms with Crippen molar-refractivity contribution in [1.29, 1.82) is 0 Å². The molecule has 0 radical (unpaired) electrons. The van der Waals surface area contributed by atoms with Crippen LogP contribution in [0.3, 0.4) is 0 Å². The summed E-state index contributed by atoms with van der Waals surface area (Å²) in [5.41, 5.74) is 5.99. The molecule has 0 spiro atoms. The first-order valence-corrected chi connectivity index (χ1v) is 6.61. The quantitative estimate of drug-likeness (QED) is 0.504. The maximum Gasteiger partial charge on any atom is 0.268 e. The number of hydrogen-bond acceptors (Lipinski definition) is 4. The summed E-state index contributed by atoms with van der Waals surface area (Å²) in [5.74, 6) is 6.04. The van der Waals surface area contributed by atoms with Gasteiger partial charge >= 0.3 is 0 Å². The summed E-state index contributed by atoms with van der Waals surface area (Å²) in [6.45, 7) is 8.41. The fraction of sp³-hybridized carbons (Fsp3) is 0.429. The van der Waals surface area contributed by atoms with Crippen molar-refractivity contribution in [2.24, 2.45) is 5.84 Å². The lowest BCUT2D eigenvalue weighted by Crippen LogP contribution is -2.30. The van der Waals surface area contributed by atoms with E-state index in [1.54, 1.807) is 13.0 Å². The molecule has 3 N–H and O–H groups in total. The van der Waals surface area contributed by atoms with E-state index < -0.39 is 0 Å². The van der Waals surface area contributed by atoms with Crippen molar-refractivity contribution in [1.82, 2.24) is 15.2 Å². The Hall–Kier alpha value is -2.08. The molecule has 0 saturated carbocycles. The normalized spacial score (nSPS) is 10.8. The van der Waals surface area contributed by atoms with Crippen LogP contribution in [0, 0.1) is 20.8 Å². The van der Waals surface area contributed by atoms with Crippen molar-refractivity contribution in [3.8, 4) is 0 Å². The number of nitrogens with zero attached hydrogens (tertiary/aromatic N) is 2. The Labute approximate surface area is 117 Å². The summed E-state index contributed by atoms with van der Waals surface area (Å²) in [6.07, 6.45) is 0.954. The van der Waals surface area contributed by atoms with Crippen molar-refractivity contribution in [3.05, 3.63) is 40.1 Å². The van der Waals surface area contributed by atoms with Crippen molar-refractivity contribution in [2.75, 3.05) is 0 Å². The topological polar surface area (TPSA) is 86.1 Å². The van der Waals surface area contributed by atoms with Gasteiger partial charge in [-0.1, -0.05) is 6.92 Å². The number of nitrogens with two attached hydrogens (primary N) is 1. The number of furan rings is 1. The molecule has 0 aliphatic rings. The summed E-state index contributed by atoms with van der Waals surface area (Å²) >= 11 is 0. The SMILES string of the molecule is CCc1c(C)nn(Cc2cc(C(=O)NN)c(C)o2)c1C. The second-order valence-corrected chi connectivity index (χ2v) is 4.82. The van der Waals surface area contributed by atoms with Gasteiger partial charge in [-0.3, -0.25) is 14.9 Å². The van der Waals surface area contributed by atoms with Crippen molar-refractivity contribution < 1.29 is 9.21 Å². The third kappa shape index (κ3) is 2.46. The molecule has 0 fully saturated rings. The van der Waals surface area contributed by atoms with Gasteiger partial charge in [-0.25, -0.2) is 5.84 Å². The highest BCUT2D eigenvalue weighted by molar-refractivity contribution is 5.94. The first kappa shape index (κ1) is 14.3. The number of carbonyl (C=O) groups excluding carboxylic acids is 1. The summed E-state index contributed by atoms with van der Waals surface area (Å²) in [5, 5.41) is 4.51. The van der Waals surface area contributed by atoms with E-state index in [1.807, 2.05) is 18.5 Å². The molecule has 0 aromatic carbocycles. The van der Waals surface area contributed by atoms with E-state index >= 15 is 0 Å². The number of aromatic nitrogens is 2. The predicted molar refractivity (Wildman–Crippen MR) is 75.3 cm³/mol. The van der Waals surface area contributed by atoms with Crippen LogP contribution in [0.2, 0.25) is 0 Å². The lowest BCUT2D eigenvalue weighted by molar-refractivity contribution is 0.0952. The van der Waals surface area contributed by atoms with Crippen molar-refractivity contribution in [2.45, 2.75) is 40.7 Å². The molecule has 0 aliphatic heterocycles. The molecule has 0 saturated heterocycles. The Morgan fingerprint density at radius 2 is 2.15 bits per heavy atom. The van der Waals surface area contributed by atoms with Gasteiger partial charge in [0.15, 0.2) is 0 Å². The molecule has 6 heteroatoms. The van der Waals surface area contributed by atoms with Gasteiger partial charge in [-0.05, 0) is 38.8 Å². The molecular weight excluding hydrogens is 256 g/mol. The van der Waals surface area contributed by atoms with Gasteiger partial charge in [-0.2, -0.15) is 5.10 Å². The number of hydrogen-bond donors (Lipinski definition) is 2. The van der Waals surface area contributed by atoms with Gasteiger partial charge in [0.2, 0.25) is 0 Å². The lowest BCUT2D eigenvalue weighted by atomic mass is 10.1. The average Bonchev–Trinajstić information content (AvgIpc) is 2.90. The highest BCUT2D eigenvalue weighted by Gasteiger charge is 2.16. The van der Waals surface area contributed by atoms with E-state index in [4.69, 9.17) is 10.3 Å². The predicted octanol–water partition coefficient (Wildman–Crippen LogP) is 1.62. The Balaban J connectivity index is 2.29. The summed E-state index contributed by atoms with van der Waals surface area (Å²) < 4.78 is 7.50. The zero-order chi connectivity index (χ0) is 14.9. The zero-order valence-electron chi connectivity index (χ0n) is 12.3. The van der Waals surface area contributed by atoms with Crippen LogP contribution in [0.15, 0.2) is 10.5 Å².